The van der Waals surface area contributed by atoms with Gasteiger partial charge < -0.3 is 10.4 Å². The number of amides is 2. The molecule has 0 bridgehead atoms. The first-order chi connectivity index (χ1) is 12.4. The Bertz CT molecular complexity index is 981. The second-order valence-corrected chi connectivity index (χ2v) is 5.64. The molecule has 8 nitrogen and oxygen atoms in total. The van der Waals surface area contributed by atoms with Crippen molar-refractivity contribution in [3.05, 3.63) is 63.7 Å². The molecule has 0 unspecified atom stereocenters. The van der Waals surface area contributed by atoms with Gasteiger partial charge in [0.2, 0.25) is 5.91 Å². The Labute approximate surface area is 148 Å². The van der Waals surface area contributed by atoms with Gasteiger partial charge in [-0.25, -0.2) is 4.90 Å². The predicted octanol–water partition coefficient (Wildman–Crippen LogP) is 2.96. The number of para-hydroxylation sites is 1. The summed E-state index contributed by atoms with van der Waals surface area (Å²) in [6, 6.07) is 10.6. The maximum Gasteiger partial charge on any atom is 0.293 e. The summed E-state index contributed by atoms with van der Waals surface area (Å²) >= 11 is 0. The molecule has 0 atom stereocenters. The van der Waals surface area contributed by atoms with Crippen molar-refractivity contribution in [1.82, 2.24) is 0 Å². The van der Waals surface area contributed by atoms with Gasteiger partial charge in [0.25, 0.3) is 11.6 Å². The van der Waals surface area contributed by atoms with Gasteiger partial charge in [-0.15, -0.1) is 0 Å². The standard InChI is InChI=1S/C18H15N3O5/c1-10(22)20-14-6-4-3-5-12(14)16(18(20)24)17(23)11-7-8-13(19-2)15(9-11)21(25)26/h3-9,19,23H,1-2H3/b17-16+. The molecule has 2 aromatic carbocycles. The zero-order valence-electron chi connectivity index (χ0n) is 14.0. The van der Waals surface area contributed by atoms with Gasteiger partial charge in [0.05, 0.1) is 16.2 Å². The van der Waals surface area contributed by atoms with Crippen LogP contribution in [0.2, 0.25) is 0 Å². The van der Waals surface area contributed by atoms with E-state index < -0.39 is 22.5 Å². The molecule has 0 aromatic heterocycles. The van der Waals surface area contributed by atoms with Crippen molar-refractivity contribution in [3.8, 4) is 0 Å². The lowest BCUT2D eigenvalue weighted by Crippen LogP contribution is -2.31. The molecule has 0 aliphatic carbocycles. The molecule has 26 heavy (non-hydrogen) atoms. The minimum absolute atomic E-state index is 0.0673. The lowest BCUT2D eigenvalue weighted by Gasteiger charge is -2.11. The fraction of sp³-hybridized carbons (Fsp3) is 0.111. The number of rotatable bonds is 3. The van der Waals surface area contributed by atoms with Crippen LogP contribution in [-0.2, 0) is 9.59 Å². The summed E-state index contributed by atoms with van der Waals surface area (Å²) in [4.78, 5) is 36.2. The number of carbonyl (C=O) groups excluding carboxylic acids is 2. The minimum atomic E-state index is -0.670. The molecule has 2 aromatic rings. The molecule has 3 rings (SSSR count). The summed E-state index contributed by atoms with van der Waals surface area (Å²) in [7, 11) is 1.54. The normalized spacial score (nSPS) is 14.8. The van der Waals surface area contributed by atoms with E-state index in [1.54, 1.807) is 31.3 Å². The monoisotopic (exact) mass is 353 g/mol. The van der Waals surface area contributed by atoms with Gasteiger partial charge in [-0.1, -0.05) is 18.2 Å². The first-order valence-electron chi connectivity index (χ1n) is 7.71. The van der Waals surface area contributed by atoms with Crippen molar-refractivity contribution in [2.45, 2.75) is 6.92 Å². The number of nitrogens with zero attached hydrogens (tertiary/aromatic N) is 2. The van der Waals surface area contributed by atoms with E-state index in [4.69, 9.17) is 0 Å². The first kappa shape index (κ1) is 17.2. The zero-order valence-corrected chi connectivity index (χ0v) is 14.0. The van der Waals surface area contributed by atoms with E-state index in [-0.39, 0.29) is 22.5 Å². The van der Waals surface area contributed by atoms with Crippen LogP contribution in [0.3, 0.4) is 0 Å². The molecule has 1 aliphatic heterocycles. The van der Waals surface area contributed by atoms with Crippen molar-refractivity contribution >= 4 is 40.2 Å². The van der Waals surface area contributed by atoms with Gasteiger partial charge in [-0.3, -0.25) is 19.7 Å². The summed E-state index contributed by atoms with van der Waals surface area (Å²) in [6.45, 7) is 1.25. The van der Waals surface area contributed by atoms with Gasteiger partial charge in [0, 0.05) is 31.2 Å². The molecular formula is C18H15N3O5. The van der Waals surface area contributed by atoms with Crippen LogP contribution in [0.1, 0.15) is 18.1 Å². The number of hydrogen-bond donors (Lipinski definition) is 2. The molecular weight excluding hydrogens is 338 g/mol. The number of hydrogen-bond acceptors (Lipinski definition) is 6. The number of anilines is 2. The lowest BCUT2D eigenvalue weighted by atomic mass is 10.0. The summed E-state index contributed by atoms with van der Waals surface area (Å²) < 4.78 is 0. The fourth-order valence-electron chi connectivity index (χ4n) is 2.94. The summed E-state index contributed by atoms with van der Waals surface area (Å²) in [5.41, 5.74) is 0.847. The highest BCUT2D eigenvalue weighted by molar-refractivity contribution is 6.42. The molecule has 0 saturated heterocycles. The highest BCUT2D eigenvalue weighted by Gasteiger charge is 2.37. The Morgan fingerprint density at radius 2 is 1.92 bits per heavy atom. The largest absolute Gasteiger partial charge is 0.506 e. The second-order valence-electron chi connectivity index (χ2n) is 5.64. The number of carbonyl (C=O) groups is 2. The quantitative estimate of drug-likeness (QED) is 0.380. The molecule has 8 heteroatoms. The topological polar surface area (TPSA) is 113 Å². The SMILES string of the molecule is CNc1ccc(/C(O)=C2\C(=O)N(C(C)=O)c3ccccc32)cc1[N+](=O)[O-]. The maximum atomic E-state index is 12.7. The number of aliphatic hydroxyl groups excluding tert-OH is 1. The highest BCUT2D eigenvalue weighted by Crippen LogP contribution is 2.40. The Kier molecular flexibility index (Phi) is 4.17. The molecule has 2 N–H and O–H groups in total. The molecule has 0 spiro atoms. The summed E-state index contributed by atoms with van der Waals surface area (Å²) in [5.74, 6) is -1.57. The molecule has 1 heterocycles. The lowest BCUT2D eigenvalue weighted by molar-refractivity contribution is -0.384. The van der Waals surface area contributed by atoms with Crippen molar-refractivity contribution in [2.75, 3.05) is 17.3 Å². The molecule has 132 valence electrons. The van der Waals surface area contributed by atoms with Crippen molar-refractivity contribution in [2.24, 2.45) is 0 Å². The van der Waals surface area contributed by atoms with Crippen molar-refractivity contribution in [1.29, 1.82) is 0 Å². The summed E-state index contributed by atoms with van der Waals surface area (Å²) in [5, 5.41) is 24.6. The average molecular weight is 353 g/mol. The average Bonchev–Trinajstić information content (AvgIpc) is 2.92. The Balaban J connectivity index is 2.22. The third-order valence-electron chi connectivity index (χ3n) is 4.12. The Morgan fingerprint density at radius 1 is 1.23 bits per heavy atom. The highest BCUT2D eigenvalue weighted by atomic mass is 16.6. The van der Waals surface area contributed by atoms with Crippen LogP contribution >= 0.6 is 0 Å². The van der Waals surface area contributed by atoms with Crippen molar-refractivity contribution in [3.63, 3.8) is 0 Å². The van der Waals surface area contributed by atoms with E-state index in [2.05, 4.69) is 5.32 Å². The number of nitrogens with one attached hydrogen (secondary N) is 1. The van der Waals surface area contributed by atoms with Crippen LogP contribution in [0.25, 0.3) is 11.3 Å². The smallest absolute Gasteiger partial charge is 0.293 e. The third-order valence-corrected chi connectivity index (χ3v) is 4.12. The van der Waals surface area contributed by atoms with E-state index in [9.17, 15) is 24.8 Å². The number of aliphatic hydroxyl groups is 1. The zero-order chi connectivity index (χ0) is 19.0. The van der Waals surface area contributed by atoms with Crippen molar-refractivity contribution < 1.29 is 19.6 Å². The van der Waals surface area contributed by atoms with Crippen LogP contribution in [-0.4, -0.2) is 28.9 Å². The molecule has 0 radical (unpaired) electrons. The summed E-state index contributed by atoms with van der Waals surface area (Å²) in [6.07, 6.45) is 0. The van der Waals surface area contributed by atoms with Crippen LogP contribution in [0.4, 0.5) is 17.1 Å². The van der Waals surface area contributed by atoms with Gasteiger partial charge in [-0.05, 0) is 18.2 Å². The van der Waals surface area contributed by atoms with Gasteiger partial charge in [-0.2, -0.15) is 0 Å². The van der Waals surface area contributed by atoms with Crippen LogP contribution in [0, 0.1) is 10.1 Å². The third kappa shape index (κ3) is 2.57. The maximum absolute atomic E-state index is 12.7. The van der Waals surface area contributed by atoms with E-state index in [0.717, 1.165) is 4.90 Å². The molecule has 0 fully saturated rings. The van der Waals surface area contributed by atoms with Gasteiger partial charge >= 0.3 is 0 Å². The van der Waals surface area contributed by atoms with Gasteiger partial charge in [0.1, 0.15) is 11.4 Å². The Hall–Kier alpha value is -3.68. The second kappa shape index (κ2) is 6.32. The number of nitro groups is 1. The first-order valence-corrected chi connectivity index (χ1v) is 7.71. The van der Waals surface area contributed by atoms with E-state index >= 15 is 0 Å². The molecule has 2 amide bonds. The number of imide groups is 1. The number of benzene rings is 2. The van der Waals surface area contributed by atoms with E-state index in [1.165, 1.54) is 25.1 Å². The molecule has 0 saturated carbocycles. The van der Waals surface area contributed by atoms with Gasteiger partial charge in [0.15, 0.2) is 0 Å². The van der Waals surface area contributed by atoms with Crippen LogP contribution in [0.5, 0.6) is 0 Å². The minimum Gasteiger partial charge on any atom is -0.506 e. The van der Waals surface area contributed by atoms with Crippen LogP contribution in [0.15, 0.2) is 42.5 Å². The van der Waals surface area contributed by atoms with Crippen LogP contribution < -0.4 is 10.2 Å². The molecule has 1 aliphatic rings. The number of nitro benzene ring substituents is 1. The van der Waals surface area contributed by atoms with E-state index in [0.29, 0.717) is 11.3 Å². The van der Waals surface area contributed by atoms with E-state index in [1.807, 2.05) is 0 Å². The fourth-order valence-corrected chi connectivity index (χ4v) is 2.94. The predicted molar refractivity (Wildman–Crippen MR) is 96.7 cm³/mol. The number of fused-ring (bicyclic) bond motifs is 1. The Morgan fingerprint density at radius 3 is 2.54 bits per heavy atom.